The van der Waals surface area contributed by atoms with Crippen LogP contribution in [0, 0.1) is 6.92 Å². The van der Waals surface area contributed by atoms with E-state index in [9.17, 15) is 4.79 Å². The summed E-state index contributed by atoms with van der Waals surface area (Å²) in [7, 11) is 3.22. The molecule has 0 saturated carbocycles. The summed E-state index contributed by atoms with van der Waals surface area (Å²) in [5.74, 6) is 1.99. The van der Waals surface area contributed by atoms with Crippen LogP contribution in [0.2, 0.25) is 0 Å². The van der Waals surface area contributed by atoms with Crippen LogP contribution in [-0.2, 0) is 11.2 Å². The number of rotatable bonds is 5. The molecule has 2 aromatic carbocycles. The molecule has 0 spiro atoms. The fraction of sp³-hybridized carbons (Fsp3) is 0.375. The third-order valence-corrected chi connectivity index (χ3v) is 5.89. The largest absolute Gasteiger partial charge is 0.493 e. The van der Waals surface area contributed by atoms with Gasteiger partial charge >= 0.3 is 0 Å². The number of methoxy groups -OCH3 is 2. The molecule has 0 radical (unpaired) electrons. The molecule has 1 saturated heterocycles. The Bertz CT molecular complexity index is 1020. The van der Waals surface area contributed by atoms with Crippen LogP contribution in [0.4, 0.5) is 0 Å². The SMILES string of the molecule is COc1ccc(CC(=O)N2CCC(c3cc4cc(C)ccc4[nH]3)CC2)cc1OC. The molecule has 0 bridgehead atoms. The zero-order chi connectivity index (χ0) is 20.4. The minimum Gasteiger partial charge on any atom is -0.493 e. The highest BCUT2D eigenvalue weighted by Gasteiger charge is 2.25. The lowest BCUT2D eigenvalue weighted by atomic mass is 9.93. The Kier molecular flexibility index (Phi) is 5.47. The zero-order valence-electron chi connectivity index (χ0n) is 17.3. The van der Waals surface area contributed by atoms with Crippen molar-refractivity contribution in [3.63, 3.8) is 0 Å². The van der Waals surface area contributed by atoms with Gasteiger partial charge in [0.25, 0.3) is 0 Å². The molecule has 1 fully saturated rings. The second kappa shape index (κ2) is 8.19. The first-order valence-corrected chi connectivity index (χ1v) is 10.2. The molecular weight excluding hydrogens is 364 g/mol. The minimum atomic E-state index is 0.169. The summed E-state index contributed by atoms with van der Waals surface area (Å²) in [4.78, 5) is 18.3. The third-order valence-electron chi connectivity index (χ3n) is 5.89. The summed E-state index contributed by atoms with van der Waals surface area (Å²) in [5, 5.41) is 1.27. The first-order chi connectivity index (χ1) is 14.1. The molecule has 3 aromatic rings. The topological polar surface area (TPSA) is 54.6 Å². The highest BCUT2D eigenvalue weighted by molar-refractivity contribution is 5.81. The van der Waals surface area contributed by atoms with Crippen LogP contribution >= 0.6 is 0 Å². The molecule has 1 aromatic heterocycles. The van der Waals surface area contributed by atoms with Crippen LogP contribution < -0.4 is 9.47 Å². The number of piperidine rings is 1. The van der Waals surface area contributed by atoms with Gasteiger partial charge in [0.1, 0.15) is 0 Å². The van der Waals surface area contributed by atoms with E-state index in [0.29, 0.717) is 23.8 Å². The van der Waals surface area contributed by atoms with Gasteiger partial charge < -0.3 is 19.4 Å². The van der Waals surface area contributed by atoms with Crippen LogP contribution in [0.25, 0.3) is 10.9 Å². The lowest BCUT2D eigenvalue weighted by Crippen LogP contribution is -2.38. The van der Waals surface area contributed by atoms with Crippen molar-refractivity contribution in [3.05, 3.63) is 59.3 Å². The Morgan fingerprint density at radius 2 is 1.79 bits per heavy atom. The Balaban J connectivity index is 1.38. The first-order valence-electron chi connectivity index (χ1n) is 10.2. The summed E-state index contributed by atoms with van der Waals surface area (Å²) in [6.45, 7) is 3.71. The standard InChI is InChI=1S/C24H28N2O3/c1-16-4-6-20-19(12-16)15-21(25-20)18-8-10-26(11-9-18)24(27)14-17-5-7-22(28-2)23(13-17)29-3/h4-7,12-13,15,18,25H,8-11,14H2,1-3H3. The van der Waals surface area contributed by atoms with E-state index in [1.165, 1.54) is 22.2 Å². The van der Waals surface area contributed by atoms with Crippen molar-refractivity contribution in [3.8, 4) is 11.5 Å². The number of fused-ring (bicyclic) bond motifs is 1. The van der Waals surface area contributed by atoms with Gasteiger partial charge in [0.2, 0.25) is 5.91 Å². The molecule has 1 aliphatic heterocycles. The Morgan fingerprint density at radius 1 is 1.03 bits per heavy atom. The van der Waals surface area contributed by atoms with Crippen LogP contribution in [0.15, 0.2) is 42.5 Å². The summed E-state index contributed by atoms with van der Waals surface area (Å²) >= 11 is 0. The molecule has 4 rings (SSSR count). The van der Waals surface area contributed by atoms with E-state index in [1.807, 2.05) is 23.1 Å². The van der Waals surface area contributed by atoms with Crippen molar-refractivity contribution in [2.75, 3.05) is 27.3 Å². The number of carbonyl (C=O) groups excluding carboxylic acids is 1. The van der Waals surface area contributed by atoms with E-state index in [0.717, 1.165) is 31.5 Å². The van der Waals surface area contributed by atoms with Gasteiger partial charge in [0, 0.05) is 30.2 Å². The van der Waals surface area contributed by atoms with Crippen molar-refractivity contribution in [1.29, 1.82) is 0 Å². The van der Waals surface area contributed by atoms with Gasteiger partial charge in [-0.3, -0.25) is 4.79 Å². The van der Waals surface area contributed by atoms with E-state index >= 15 is 0 Å². The summed E-state index contributed by atoms with van der Waals surface area (Å²) in [6.07, 6.45) is 2.36. The number of carbonyl (C=O) groups is 1. The van der Waals surface area contributed by atoms with Gasteiger partial charge in [-0.05, 0) is 61.0 Å². The van der Waals surface area contributed by atoms with Crippen molar-refractivity contribution in [2.24, 2.45) is 0 Å². The highest BCUT2D eigenvalue weighted by atomic mass is 16.5. The number of benzene rings is 2. The minimum absolute atomic E-state index is 0.169. The molecule has 1 aliphatic rings. The van der Waals surface area contributed by atoms with Crippen molar-refractivity contribution >= 4 is 16.8 Å². The maximum atomic E-state index is 12.8. The van der Waals surface area contributed by atoms with Crippen LogP contribution in [-0.4, -0.2) is 43.1 Å². The molecular formula is C24H28N2O3. The number of H-pyrrole nitrogens is 1. The predicted octanol–water partition coefficient (Wildman–Crippen LogP) is 4.44. The van der Waals surface area contributed by atoms with Gasteiger partial charge in [-0.2, -0.15) is 0 Å². The van der Waals surface area contributed by atoms with Gasteiger partial charge in [0.15, 0.2) is 11.5 Å². The second-order valence-electron chi connectivity index (χ2n) is 7.84. The summed E-state index contributed by atoms with van der Waals surface area (Å²) in [5.41, 5.74) is 4.70. The number of aryl methyl sites for hydroxylation is 1. The third kappa shape index (κ3) is 4.09. The monoisotopic (exact) mass is 392 g/mol. The average Bonchev–Trinajstić information content (AvgIpc) is 3.17. The molecule has 1 N–H and O–H groups in total. The maximum Gasteiger partial charge on any atom is 0.226 e. The van der Waals surface area contributed by atoms with Crippen molar-refractivity contribution in [2.45, 2.75) is 32.1 Å². The van der Waals surface area contributed by atoms with Crippen molar-refractivity contribution < 1.29 is 14.3 Å². The molecule has 5 heteroatoms. The number of aromatic amines is 1. The number of likely N-dealkylation sites (tertiary alicyclic amines) is 1. The quantitative estimate of drug-likeness (QED) is 0.698. The van der Waals surface area contributed by atoms with E-state index < -0.39 is 0 Å². The molecule has 29 heavy (non-hydrogen) atoms. The number of amides is 1. The number of hydrogen-bond acceptors (Lipinski definition) is 3. The van der Waals surface area contributed by atoms with Crippen LogP contribution in [0.3, 0.4) is 0 Å². The van der Waals surface area contributed by atoms with E-state index in [-0.39, 0.29) is 5.91 Å². The van der Waals surface area contributed by atoms with Gasteiger partial charge in [0.05, 0.1) is 20.6 Å². The smallest absolute Gasteiger partial charge is 0.226 e. The normalized spacial score (nSPS) is 14.9. The Hall–Kier alpha value is -2.95. The molecule has 5 nitrogen and oxygen atoms in total. The van der Waals surface area contributed by atoms with Gasteiger partial charge in [-0.25, -0.2) is 0 Å². The molecule has 2 heterocycles. The number of nitrogens with zero attached hydrogens (tertiary/aromatic N) is 1. The number of aromatic nitrogens is 1. The Morgan fingerprint density at radius 3 is 2.52 bits per heavy atom. The Labute approximate surface area is 171 Å². The van der Waals surface area contributed by atoms with Crippen molar-refractivity contribution in [1.82, 2.24) is 9.88 Å². The first kappa shape index (κ1) is 19.4. The van der Waals surface area contributed by atoms with Crippen LogP contribution in [0.5, 0.6) is 11.5 Å². The lowest BCUT2D eigenvalue weighted by Gasteiger charge is -2.31. The van der Waals surface area contributed by atoms with Gasteiger partial charge in [-0.15, -0.1) is 0 Å². The zero-order valence-corrected chi connectivity index (χ0v) is 17.3. The highest BCUT2D eigenvalue weighted by Crippen LogP contribution is 2.31. The molecule has 0 unspecified atom stereocenters. The number of nitrogens with one attached hydrogen (secondary N) is 1. The molecule has 152 valence electrons. The predicted molar refractivity (Wildman–Crippen MR) is 115 cm³/mol. The van der Waals surface area contributed by atoms with Gasteiger partial charge in [-0.1, -0.05) is 17.7 Å². The molecule has 0 aliphatic carbocycles. The fourth-order valence-electron chi connectivity index (χ4n) is 4.21. The summed E-state index contributed by atoms with van der Waals surface area (Å²) < 4.78 is 10.6. The average molecular weight is 392 g/mol. The number of hydrogen-bond donors (Lipinski definition) is 1. The number of ether oxygens (including phenoxy) is 2. The second-order valence-corrected chi connectivity index (χ2v) is 7.84. The lowest BCUT2D eigenvalue weighted by molar-refractivity contribution is -0.131. The van der Waals surface area contributed by atoms with E-state index in [1.54, 1.807) is 14.2 Å². The van der Waals surface area contributed by atoms with E-state index in [4.69, 9.17) is 9.47 Å². The van der Waals surface area contributed by atoms with Crippen LogP contribution in [0.1, 0.15) is 35.6 Å². The maximum absolute atomic E-state index is 12.8. The summed E-state index contributed by atoms with van der Waals surface area (Å²) in [6, 6.07) is 14.4. The fourth-order valence-corrected chi connectivity index (χ4v) is 4.21. The van der Waals surface area contributed by atoms with E-state index in [2.05, 4.69) is 36.2 Å². The molecule has 1 amide bonds. The molecule has 0 atom stereocenters.